The Kier molecular flexibility index (Phi) is 3.52. The van der Waals surface area contributed by atoms with Gasteiger partial charge in [0.1, 0.15) is 9.88 Å². The molecule has 2 aromatic heterocycles. The number of amides is 1. The number of rotatable bonds is 3. The average Bonchev–Trinajstić information content (AvgIpc) is 3.10. The molecule has 5 nitrogen and oxygen atoms in total. The normalized spacial score (nSPS) is 18.4. The molecule has 1 aliphatic rings. The lowest BCUT2D eigenvalue weighted by Crippen LogP contribution is -2.35. The number of nitrogens with zero attached hydrogens (tertiary/aromatic N) is 2. The van der Waals surface area contributed by atoms with Crippen LogP contribution in [0.15, 0.2) is 30.6 Å². The van der Waals surface area contributed by atoms with Gasteiger partial charge >= 0.3 is 0 Å². The van der Waals surface area contributed by atoms with E-state index in [0.29, 0.717) is 4.88 Å². The molecule has 2 N–H and O–H groups in total. The highest BCUT2D eigenvalue weighted by Crippen LogP contribution is 2.23. The molecule has 0 radical (unpaired) electrons. The van der Waals surface area contributed by atoms with Crippen LogP contribution in [0, 0.1) is 0 Å². The molecule has 0 spiro atoms. The van der Waals surface area contributed by atoms with Crippen molar-refractivity contribution in [2.45, 2.75) is 12.5 Å². The summed E-state index contributed by atoms with van der Waals surface area (Å²) in [6.45, 7) is 1.81. The van der Waals surface area contributed by atoms with Crippen LogP contribution < -0.4 is 10.6 Å². The van der Waals surface area contributed by atoms with Gasteiger partial charge in [-0.15, -0.1) is 11.3 Å². The topological polar surface area (TPSA) is 66.9 Å². The van der Waals surface area contributed by atoms with Crippen molar-refractivity contribution in [2.75, 3.05) is 13.1 Å². The van der Waals surface area contributed by atoms with Gasteiger partial charge < -0.3 is 10.6 Å². The molecule has 1 unspecified atom stereocenters. The molecular weight excluding hydrogens is 260 g/mol. The lowest BCUT2D eigenvalue weighted by molar-refractivity contribution is 0.0944. The van der Waals surface area contributed by atoms with Crippen molar-refractivity contribution >= 4 is 17.2 Å². The third kappa shape index (κ3) is 2.80. The van der Waals surface area contributed by atoms with E-state index in [1.54, 1.807) is 12.4 Å². The third-order valence-corrected chi connectivity index (χ3v) is 4.03. The molecule has 1 atom stereocenters. The van der Waals surface area contributed by atoms with Crippen LogP contribution in [0.4, 0.5) is 0 Å². The van der Waals surface area contributed by atoms with Crippen LogP contribution in [0.5, 0.6) is 0 Å². The second-order valence-corrected chi connectivity index (χ2v) is 5.44. The van der Waals surface area contributed by atoms with Gasteiger partial charge in [-0.05, 0) is 25.1 Å². The molecule has 0 aliphatic carbocycles. The summed E-state index contributed by atoms with van der Waals surface area (Å²) in [7, 11) is 0. The molecule has 1 saturated heterocycles. The molecule has 2 aromatic rings. The average molecular weight is 274 g/mol. The molecule has 1 aliphatic heterocycles. The number of thiazole rings is 1. The number of hydrogen-bond acceptors (Lipinski definition) is 5. The summed E-state index contributed by atoms with van der Waals surface area (Å²) in [5.74, 6) is -0.0478. The minimum Gasteiger partial charge on any atom is -0.347 e. The molecule has 3 heterocycles. The Morgan fingerprint density at radius 1 is 1.42 bits per heavy atom. The van der Waals surface area contributed by atoms with Crippen molar-refractivity contribution in [2.24, 2.45) is 0 Å². The van der Waals surface area contributed by atoms with Gasteiger partial charge in [0, 0.05) is 18.8 Å². The second kappa shape index (κ2) is 5.46. The highest BCUT2D eigenvalue weighted by molar-refractivity contribution is 7.16. The first-order chi connectivity index (χ1) is 9.33. The van der Waals surface area contributed by atoms with Gasteiger partial charge in [-0.3, -0.25) is 9.78 Å². The van der Waals surface area contributed by atoms with Gasteiger partial charge in [0.2, 0.25) is 0 Å². The Hall–Kier alpha value is -1.79. The van der Waals surface area contributed by atoms with Crippen LogP contribution in [0.2, 0.25) is 0 Å². The molecule has 1 amide bonds. The first-order valence-corrected chi connectivity index (χ1v) is 7.03. The summed E-state index contributed by atoms with van der Waals surface area (Å²) in [5.41, 5.74) is 0.800. The number of carbonyl (C=O) groups is 1. The largest absolute Gasteiger partial charge is 0.347 e. The van der Waals surface area contributed by atoms with Crippen LogP contribution in [-0.4, -0.2) is 35.0 Å². The standard InChI is InChI=1S/C13H14N4OS/c18-12(17-9-4-6-14-7-9)11-8-16-13(19-11)10-3-1-2-5-15-10/h1-3,5,8-9,14H,4,6-7H2,(H,17,18). The van der Waals surface area contributed by atoms with E-state index in [2.05, 4.69) is 20.6 Å². The molecule has 98 valence electrons. The maximum atomic E-state index is 12.1. The van der Waals surface area contributed by atoms with E-state index >= 15 is 0 Å². The first-order valence-electron chi connectivity index (χ1n) is 6.22. The summed E-state index contributed by atoms with van der Waals surface area (Å²) in [6.07, 6.45) is 4.32. The molecule has 1 fully saturated rings. The van der Waals surface area contributed by atoms with Gasteiger partial charge in [-0.25, -0.2) is 4.98 Å². The van der Waals surface area contributed by atoms with E-state index in [1.807, 2.05) is 18.2 Å². The predicted octanol–water partition coefficient (Wildman–Crippen LogP) is 1.30. The molecular formula is C13H14N4OS. The Morgan fingerprint density at radius 3 is 3.11 bits per heavy atom. The summed E-state index contributed by atoms with van der Waals surface area (Å²) < 4.78 is 0. The smallest absolute Gasteiger partial charge is 0.263 e. The van der Waals surface area contributed by atoms with E-state index in [-0.39, 0.29) is 11.9 Å². The van der Waals surface area contributed by atoms with Gasteiger partial charge in [0.05, 0.1) is 11.9 Å². The Labute approximate surface area is 115 Å². The van der Waals surface area contributed by atoms with Crippen LogP contribution in [0.3, 0.4) is 0 Å². The summed E-state index contributed by atoms with van der Waals surface area (Å²) >= 11 is 1.37. The Bertz CT molecular complexity index is 563. The number of hydrogen-bond donors (Lipinski definition) is 2. The monoisotopic (exact) mass is 274 g/mol. The Morgan fingerprint density at radius 2 is 2.37 bits per heavy atom. The van der Waals surface area contributed by atoms with Crippen molar-refractivity contribution in [1.82, 2.24) is 20.6 Å². The maximum Gasteiger partial charge on any atom is 0.263 e. The zero-order chi connectivity index (χ0) is 13.1. The van der Waals surface area contributed by atoms with E-state index in [0.717, 1.165) is 30.2 Å². The minimum atomic E-state index is -0.0478. The van der Waals surface area contributed by atoms with Crippen molar-refractivity contribution in [3.63, 3.8) is 0 Å². The quantitative estimate of drug-likeness (QED) is 0.885. The van der Waals surface area contributed by atoms with E-state index in [9.17, 15) is 4.79 Å². The van der Waals surface area contributed by atoms with E-state index in [4.69, 9.17) is 0 Å². The summed E-state index contributed by atoms with van der Waals surface area (Å²) in [4.78, 5) is 21.2. The minimum absolute atomic E-state index is 0.0478. The zero-order valence-corrected chi connectivity index (χ0v) is 11.1. The van der Waals surface area contributed by atoms with Crippen molar-refractivity contribution in [3.8, 4) is 10.7 Å². The number of carbonyl (C=O) groups excluding carboxylic acids is 1. The molecule has 0 bridgehead atoms. The van der Waals surface area contributed by atoms with Gasteiger partial charge in [-0.1, -0.05) is 6.07 Å². The van der Waals surface area contributed by atoms with Crippen LogP contribution in [0.1, 0.15) is 16.1 Å². The van der Waals surface area contributed by atoms with Crippen molar-refractivity contribution in [1.29, 1.82) is 0 Å². The number of nitrogens with one attached hydrogen (secondary N) is 2. The SMILES string of the molecule is O=C(NC1CCNC1)c1cnc(-c2ccccn2)s1. The lowest BCUT2D eigenvalue weighted by atomic mass is 10.2. The van der Waals surface area contributed by atoms with Crippen molar-refractivity contribution < 1.29 is 4.79 Å². The zero-order valence-electron chi connectivity index (χ0n) is 10.3. The predicted molar refractivity (Wildman–Crippen MR) is 74.1 cm³/mol. The number of aromatic nitrogens is 2. The highest BCUT2D eigenvalue weighted by atomic mass is 32.1. The number of pyridine rings is 1. The summed E-state index contributed by atoms with van der Waals surface area (Å²) in [5, 5.41) is 7.01. The van der Waals surface area contributed by atoms with Gasteiger partial charge in [0.15, 0.2) is 0 Å². The fourth-order valence-electron chi connectivity index (χ4n) is 2.02. The molecule has 0 saturated carbocycles. The fraction of sp³-hybridized carbons (Fsp3) is 0.308. The van der Waals surface area contributed by atoms with Crippen LogP contribution in [-0.2, 0) is 0 Å². The van der Waals surface area contributed by atoms with Crippen LogP contribution >= 0.6 is 11.3 Å². The van der Waals surface area contributed by atoms with E-state index < -0.39 is 0 Å². The second-order valence-electron chi connectivity index (χ2n) is 4.41. The van der Waals surface area contributed by atoms with Crippen LogP contribution in [0.25, 0.3) is 10.7 Å². The summed E-state index contributed by atoms with van der Waals surface area (Å²) in [6, 6.07) is 5.89. The molecule has 0 aromatic carbocycles. The van der Waals surface area contributed by atoms with Gasteiger partial charge in [-0.2, -0.15) is 0 Å². The first kappa shape index (κ1) is 12.3. The molecule has 6 heteroatoms. The third-order valence-electron chi connectivity index (χ3n) is 3.01. The highest BCUT2D eigenvalue weighted by Gasteiger charge is 2.19. The van der Waals surface area contributed by atoms with Gasteiger partial charge in [0.25, 0.3) is 5.91 Å². The lowest BCUT2D eigenvalue weighted by Gasteiger charge is -2.09. The maximum absolute atomic E-state index is 12.1. The van der Waals surface area contributed by atoms with Crippen molar-refractivity contribution in [3.05, 3.63) is 35.5 Å². The molecule has 3 rings (SSSR count). The Balaban J connectivity index is 1.72. The fourth-order valence-corrected chi connectivity index (χ4v) is 2.82. The van der Waals surface area contributed by atoms with E-state index in [1.165, 1.54) is 11.3 Å². The molecule has 19 heavy (non-hydrogen) atoms.